The van der Waals surface area contributed by atoms with E-state index in [0.29, 0.717) is 5.69 Å². The number of rotatable bonds is 4. The van der Waals surface area contributed by atoms with Crippen molar-refractivity contribution in [3.05, 3.63) is 60.0 Å². The van der Waals surface area contributed by atoms with Crippen LogP contribution in [-0.2, 0) is 28.4 Å². The minimum absolute atomic E-state index is 0.0673. The maximum atomic E-state index is 12.5. The smallest absolute Gasteiger partial charge is 0.465 e. The van der Waals surface area contributed by atoms with Gasteiger partial charge in [-0.25, -0.2) is 9.59 Å². The Labute approximate surface area is 177 Å². The molecular formula is C22H26BNO6. The van der Waals surface area contributed by atoms with Crippen molar-refractivity contribution in [3.8, 4) is 0 Å². The first-order valence-corrected chi connectivity index (χ1v) is 9.62. The Bertz CT molecular complexity index is 913. The fourth-order valence-corrected chi connectivity index (χ4v) is 3.14. The van der Waals surface area contributed by atoms with Gasteiger partial charge >= 0.3 is 19.1 Å². The number of hydrogen-bond acceptors (Lipinski definition) is 7. The molecule has 2 heterocycles. The molecule has 3 rings (SSSR count). The van der Waals surface area contributed by atoms with Crippen LogP contribution in [0.3, 0.4) is 0 Å². The zero-order valence-electron chi connectivity index (χ0n) is 18.1. The third-order valence-electron chi connectivity index (χ3n) is 5.59. The number of carbonyl (C=O) groups excluding carboxylic acids is 2. The molecule has 2 aliphatic rings. The van der Waals surface area contributed by atoms with E-state index in [1.165, 1.54) is 20.3 Å². The van der Waals surface area contributed by atoms with E-state index in [9.17, 15) is 9.59 Å². The van der Waals surface area contributed by atoms with Gasteiger partial charge in [-0.3, -0.25) is 0 Å². The highest BCUT2D eigenvalue weighted by Gasteiger charge is 2.51. The number of hydrogen-bond donors (Lipinski definition) is 0. The molecule has 2 aliphatic heterocycles. The van der Waals surface area contributed by atoms with Crippen molar-refractivity contribution in [1.82, 2.24) is 0 Å². The highest BCUT2D eigenvalue weighted by molar-refractivity contribution is 6.62. The van der Waals surface area contributed by atoms with E-state index in [0.717, 1.165) is 5.46 Å². The van der Waals surface area contributed by atoms with Gasteiger partial charge in [-0.1, -0.05) is 18.2 Å². The molecule has 0 aromatic heterocycles. The highest BCUT2D eigenvalue weighted by atomic mass is 16.7. The summed E-state index contributed by atoms with van der Waals surface area (Å²) in [5, 5.41) is 0. The zero-order valence-corrected chi connectivity index (χ0v) is 18.1. The fraction of sp³-hybridized carbons (Fsp3) is 0.364. The van der Waals surface area contributed by atoms with E-state index in [4.69, 9.17) is 18.8 Å². The summed E-state index contributed by atoms with van der Waals surface area (Å²) in [6.45, 7) is 7.99. The summed E-state index contributed by atoms with van der Waals surface area (Å²) in [5.41, 5.74) is 0.808. The first kappa shape index (κ1) is 21.9. The van der Waals surface area contributed by atoms with Crippen molar-refractivity contribution in [2.75, 3.05) is 19.1 Å². The van der Waals surface area contributed by atoms with Gasteiger partial charge in [-0.05, 0) is 57.4 Å². The number of carbonyl (C=O) groups is 2. The van der Waals surface area contributed by atoms with Crippen molar-refractivity contribution < 1.29 is 28.4 Å². The number of anilines is 1. The standard InChI is InChI=1S/C22H26BNO6/c1-21(2)22(3,4)30-23(29-21)15-10-12-16(13-11-15)24-14-8-7-9-17(19(25)27-5)18(24)20(26)28-6/h7-14H,1-6H3. The number of ether oxygens (including phenoxy) is 2. The van der Waals surface area contributed by atoms with Gasteiger partial charge in [0.25, 0.3) is 0 Å². The molecule has 0 N–H and O–H groups in total. The molecule has 0 radical (unpaired) electrons. The molecule has 7 nitrogen and oxygen atoms in total. The molecule has 0 aliphatic carbocycles. The molecule has 1 fully saturated rings. The molecular weight excluding hydrogens is 385 g/mol. The topological polar surface area (TPSA) is 74.3 Å². The van der Waals surface area contributed by atoms with Crippen LogP contribution in [0.4, 0.5) is 5.69 Å². The summed E-state index contributed by atoms with van der Waals surface area (Å²) in [6.07, 6.45) is 6.59. The molecule has 0 atom stereocenters. The molecule has 0 bridgehead atoms. The van der Waals surface area contributed by atoms with Crippen molar-refractivity contribution in [2.45, 2.75) is 38.9 Å². The van der Waals surface area contributed by atoms with E-state index in [-0.39, 0.29) is 11.3 Å². The highest BCUT2D eigenvalue weighted by Crippen LogP contribution is 2.36. The lowest BCUT2D eigenvalue weighted by Crippen LogP contribution is -2.41. The van der Waals surface area contributed by atoms with Crippen LogP contribution in [0.5, 0.6) is 0 Å². The van der Waals surface area contributed by atoms with Crippen LogP contribution in [0.15, 0.2) is 60.0 Å². The molecule has 1 saturated heterocycles. The normalized spacial score (nSPS) is 19.7. The molecule has 8 heteroatoms. The van der Waals surface area contributed by atoms with Crippen molar-refractivity contribution in [1.29, 1.82) is 0 Å². The maximum absolute atomic E-state index is 12.5. The number of methoxy groups -OCH3 is 2. The summed E-state index contributed by atoms with van der Waals surface area (Å²) in [4.78, 5) is 26.4. The Morgan fingerprint density at radius 1 is 0.900 bits per heavy atom. The van der Waals surface area contributed by atoms with Gasteiger partial charge in [0.2, 0.25) is 0 Å². The predicted octanol–water partition coefficient (Wildman–Crippen LogP) is 2.48. The lowest BCUT2D eigenvalue weighted by atomic mass is 9.79. The summed E-state index contributed by atoms with van der Waals surface area (Å²) >= 11 is 0. The number of nitrogens with zero attached hydrogens (tertiary/aromatic N) is 1. The molecule has 0 saturated carbocycles. The Balaban J connectivity index is 1.96. The van der Waals surface area contributed by atoms with Gasteiger partial charge in [0, 0.05) is 11.9 Å². The van der Waals surface area contributed by atoms with Crippen LogP contribution < -0.4 is 10.4 Å². The molecule has 0 unspecified atom stereocenters. The van der Waals surface area contributed by atoms with Crippen LogP contribution in [0.1, 0.15) is 27.7 Å². The Kier molecular flexibility index (Phi) is 5.92. The summed E-state index contributed by atoms with van der Waals surface area (Å²) in [6, 6.07) is 7.40. The molecule has 30 heavy (non-hydrogen) atoms. The quantitative estimate of drug-likeness (QED) is 0.557. The van der Waals surface area contributed by atoms with E-state index < -0.39 is 30.3 Å². The molecule has 0 spiro atoms. The van der Waals surface area contributed by atoms with Gasteiger partial charge in [-0.2, -0.15) is 0 Å². The monoisotopic (exact) mass is 411 g/mol. The predicted molar refractivity (Wildman–Crippen MR) is 114 cm³/mol. The minimum atomic E-state index is -0.651. The molecule has 0 amide bonds. The largest absolute Gasteiger partial charge is 0.494 e. The molecule has 1 aromatic rings. The first-order chi connectivity index (χ1) is 14.1. The van der Waals surface area contributed by atoms with E-state index in [1.54, 1.807) is 23.3 Å². The summed E-state index contributed by atoms with van der Waals surface area (Å²) < 4.78 is 21.9. The second kappa shape index (κ2) is 8.12. The number of benzene rings is 1. The number of esters is 2. The van der Waals surface area contributed by atoms with E-state index in [1.807, 2.05) is 52.0 Å². The van der Waals surface area contributed by atoms with Gasteiger partial charge < -0.3 is 23.7 Å². The SMILES string of the molecule is COC(=O)C1=C(C(=O)OC)N(c2ccc(B3OC(C)(C)C(C)(C)O3)cc2)C=CC=C1. The number of allylic oxidation sites excluding steroid dienone is 2. The van der Waals surface area contributed by atoms with Crippen LogP contribution in [0.25, 0.3) is 0 Å². The second-order valence-corrected chi connectivity index (χ2v) is 8.00. The third-order valence-corrected chi connectivity index (χ3v) is 5.59. The Hall–Kier alpha value is -2.84. The minimum Gasteiger partial charge on any atom is -0.465 e. The summed E-state index contributed by atoms with van der Waals surface area (Å²) in [7, 11) is 2.04. The second-order valence-electron chi connectivity index (χ2n) is 8.00. The lowest BCUT2D eigenvalue weighted by molar-refractivity contribution is -0.139. The lowest BCUT2D eigenvalue weighted by Gasteiger charge is -2.32. The van der Waals surface area contributed by atoms with Crippen molar-refractivity contribution >= 4 is 30.2 Å². The van der Waals surface area contributed by atoms with E-state index in [2.05, 4.69) is 0 Å². The van der Waals surface area contributed by atoms with Crippen molar-refractivity contribution in [2.24, 2.45) is 0 Å². The molecule has 158 valence electrons. The van der Waals surface area contributed by atoms with Gasteiger partial charge in [0.1, 0.15) is 5.70 Å². The zero-order chi connectivity index (χ0) is 22.1. The Morgan fingerprint density at radius 3 is 2.00 bits per heavy atom. The van der Waals surface area contributed by atoms with Crippen molar-refractivity contribution in [3.63, 3.8) is 0 Å². The summed E-state index contributed by atoms with van der Waals surface area (Å²) in [5.74, 6) is -1.28. The van der Waals surface area contributed by atoms with Gasteiger partial charge in [-0.15, -0.1) is 0 Å². The van der Waals surface area contributed by atoms with Crippen LogP contribution >= 0.6 is 0 Å². The fourth-order valence-electron chi connectivity index (χ4n) is 3.14. The van der Waals surface area contributed by atoms with Gasteiger partial charge in [0.15, 0.2) is 0 Å². The first-order valence-electron chi connectivity index (χ1n) is 9.62. The maximum Gasteiger partial charge on any atom is 0.494 e. The van der Waals surface area contributed by atoms with Gasteiger partial charge in [0.05, 0.1) is 31.0 Å². The average molecular weight is 411 g/mol. The molecule has 1 aromatic carbocycles. The van der Waals surface area contributed by atoms with E-state index >= 15 is 0 Å². The Morgan fingerprint density at radius 2 is 1.47 bits per heavy atom. The average Bonchev–Trinajstić information content (AvgIpc) is 2.87. The van der Waals surface area contributed by atoms with Crippen LogP contribution in [-0.4, -0.2) is 44.5 Å². The third kappa shape index (κ3) is 3.93. The van der Waals surface area contributed by atoms with Crippen LogP contribution in [0, 0.1) is 0 Å². The van der Waals surface area contributed by atoms with Crippen LogP contribution in [0.2, 0.25) is 0 Å².